The van der Waals surface area contributed by atoms with Crippen LogP contribution in [0.3, 0.4) is 0 Å². The number of amides is 1. The molecule has 1 amide bonds. The van der Waals surface area contributed by atoms with Crippen molar-refractivity contribution in [2.75, 3.05) is 6.54 Å². The Hall–Kier alpha value is -1.85. The van der Waals surface area contributed by atoms with Gasteiger partial charge < -0.3 is 10.4 Å². The number of rotatable bonds is 8. The first kappa shape index (κ1) is 17.2. The Kier molecular flexibility index (Phi) is 6.39. The van der Waals surface area contributed by atoms with E-state index < -0.39 is 5.97 Å². The van der Waals surface area contributed by atoms with Gasteiger partial charge in [-0.1, -0.05) is 33.6 Å². The number of hydrogen-bond acceptors (Lipinski definition) is 3. The molecule has 0 aliphatic rings. The van der Waals surface area contributed by atoms with E-state index >= 15 is 0 Å². The van der Waals surface area contributed by atoms with E-state index in [2.05, 4.69) is 36.3 Å². The van der Waals surface area contributed by atoms with Crippen LogP contribution in [0, 0.1) is 0 Å². The Morgan fingerprint density at radius 1 is 1.24 bits per heavy atom. The summed E-state index contributed by atoms with van der Waals surface area (Å²) < 4.78 is 0. The first-order valence-electron chi connectivity index (χ1n) is 7.36. The fourth-order valence-electron chi connectivity index (χ4n) is 1.87. The van der Waals surface area contributed by atoms with E-state index in [1.54, 1.807) is 6.07 Å². The van der Waals surface area contributed by atoms with Gasteiger partial charge in [-0.3, -0.25) is 14.7 Å². The molecule has 1 aromatic rings. The standard InChI is InChI=1S/C15H25N3O3/c1-15(2,3)12-10-11(17-18-12)14(21)16-9-7-5-4-6-8-13(19)20/h10H,4-9H2,1-3H3,(H,16,21)(H,17,18)(H,19,20). The van der Waals surface area contributed by atoms with E-state index in [9.17, 15) is 9.59 Å². The fourth-order valence-corrected chi connectivity index (χ4v) is 1.87. The van der Waals surface area contributed by atoms with Crippen molar-refractivity contribution in [3.63, 3.8) is 0 Å². The summed E-state index contributed by atoms with van der Waals surface area (Å²) in [4.78, 5) is 22.2. The molecule has 1 aromatic heterocycles. The van der Waals surface area contributed by atoms with Crippen LogP contribution < -0.4 is 5.32 Å². The number of aromatic nitrogens is 2. The summed E-state index contributed by atoms with van der Waals surface area (Å²) in [6.45, 7) is 6.75. The summed E-state index contributed by atoms with van der Waals surface area (Å²) in [5.74, 6) is -0.927. The van der Waals surface area contributed by atoms with Crippen LogP contribution in [-0.4, -0.2) is 33.7 Å². The van der Waals surface area contributed by atoms with Crippen LogP contribution in [0.1, 0.15) is 69.1 Å². The normalized spacial score (nSPS) is 11.4. The van der Waals surface area contributed by atoms with Gasteiger partial charge in [0.2, 0.25) is 0 Å². The highest BCUT2D eigenvalue weighted by molar-refractivity contribution is 5.92. The average Bonchev–Trinajstić information content (AvgIpc) is 2.86. The van der Waals surface area contributed by atoms with E-state index in [4.69, 9.17) is 5.11 Å². The number of carbonyl (C=O) groups excluding carboxylic acids is 1. The van der Waals surface area contributed by atoms with E-state index in [-0.39, 0.29) is 17.7 Å². The van der Waals surface area contributed by atoms with Crippen molar-refractivity contribution in [3.05, 3.63) is 17.5 Å². The maximum absolute atomic E-state index is 11.9. The van der Waals surface area contributed by atoms with Crippen LogP contribution in [0.4, 0.5) is 0 Å². The van der Waals surface area contributed by atoms with Crippen molar-refractivity contribution in [2.45, 2.75) is 58.3 Å². The van der Waals surface area contributed by atoms with Crippen LogP contribution in [0.5, 0.6) is 0 Å². The first-order valence-corrected chi connectivity index (χ1v) is 7.36. The van der Waals surface area contributed by atoms with E-state index in [1.165, 1.54) is 0 Å². The Balaban J connectivity index is 2.22. The molecule has 0 aromatic carbocycles. The summed E-state index contributed by atoms with van der Waals surface area (Å²) >= 11 is 0. The summed E-state index contributed by atoms with van der Waals surface area (Å²) in [5, 5.41) is 18.2. The van der Waals surface area contributed by atoms with Gasteiger partial charge in [-0.25, -0.2) is 0 Å². The number of unbranched alkanes of at least 4 members (excludes halogenated alkanes) is 3. The topological polar surface area (TPSA) is 95.1 Å². The minimum Gasteiger partial charge on any atom is -0.481 e. The molecule has 1 rings (SSSR count). The summed E-state index contributed by atoms with van der Waals surface area (Å²) in [6.07, 6.45) is 3.55. The highest BCUT2D eigenvalue weighted by Crippen LogP contribution is 2.20. The maximum atomic E-state index is 11.9. The maximum Gasteiger partial charge on any atom is 0.303 e. The van der Waals surface area contributed by atoms with Gasteiger partial charge in [-0.15, -0.1) is 0 Å². The van der Waals surface area contributed by atoms with Crippen molar-refractivity contribution >= 4 is 11.9 Å². The van der Waals surface area contributed by atoms with Gasteiger partial charge in [-0.05, 0) is 18.9 Å². The molecule has 0 bridgehead atoms. The molecule has 6 heteroatoms. The third-order valence-electron chi connectivity index (χ3n) is 3.22. The second-order valence-electron chi connectivity index (χ2n) is 6.23. The molecule has 0 aliphatic carbocycles. The lowest BCUT2D eigenvalue weighted by atomic mass is 9.92. The zero-order chi connectivity index (χ0) is 15.9. The molecule has 0 spiro atoms. The average molecular weight is 295 g/mol. The monoisotopic (exact) mass is 295 g/mol. The van der Waals surface area contributed by atoms with Gasteiger partial charge in [0, 0.05) is 24.1 Å². The van der Waals surface area contributed by atoms with Crippen LogP contribution in [0.25, 0.3) is 0 Å². The number of carboxylic acids is 1. The molecular formula is C15H25N3O3. The quantitative estimate of drug-likeness (QED) is 0.642. The Bertz CT molecular complexity index is 475. The van der Waals surface area contributed by atoms with Crippen LogP contribution in [0.2, 0.25) is 0 Å². The predicted octanol–water partition coefficient (Wildman–Crippen LogP) is 2.47. The van der Waals surface area contributed by atoms with Gasteiger partial charge in [-0.2, -0.15) is 5.10 Å². The van der Waals surface area contributed by atoms with Crippen molar-refractivity contribution in [3.8, 4) is 0 Å². The van der Waals surface area contributed by atoms with Gasteiger partial charge in [0.15, 0.2) is 0 Å². The largest absolute Gasteiger partial charge is 0.481 e. The van der Waals surface area contributed by atoms with Gasteiger partial charge >= 0.3 is 5.97 Å². The lowest BCUT2D eigenvalue weighted by Gasteiger charge is -2.14. The number of carbonyl (C=O) groups is 2. The number of nitrogens with zero attached hydrogens (tertiary/aromatic N) is 1. The molecular weight excluding hydrogens is 270 g/mol. The minimum atomic E-state index is -0.753. The summed E-state index contributed by atoms with van der Waals surface area (Å²) in [7, 11) is 0. The van der Waals surface area contributed by atoms with Crippen LogP contribution in [0.15, 0.2) is 6.07 Å². The van der Waals surface area contributed by atoms with E-state index in [0.717, 1.165) is 25.0 Å². The molecule has 21 heavy (non-hydrogen) atoms. The predicted molar refractivity (Wildman–Crippen MR) is 80.3 cm³/mol. The van der Waals surface area contributed by atoms with Gasteiger partial charge in [0.05, 0.1) is 0 Å². The molecule has 0 saturated carbocycles. The zero-order valence-corrected chi connectivity index (χ0v) is 13.0. The fraction of sp³-hybridized carbons (Fsp3) is 0.667. The SMILES string of the molecule is CC(C)(C)c1cc(C(=O)NCCCCCCC(=O)O)n[nH]1. The molecule has 1 heterocycles. The lowest BCUT2D eigenvalue weighted by Crippen LogP contribution is -2.24. The zero-order valence-electron chi connectivity index (χ0n) is 13.0. The Morgan fingerprint density at radius 2 is 1.90 bits per heavy atom. The summed E-state index contributed by atoms with van der Waals surface area (Å²) in [6, 6.07) is 1.78. The molecule has 0 saturated heterocycles. The molecule has 3 N–H and O–H groups in total. The first-order chi connectivity index (χ1) is 9.80. The van der Waals surface area contributed by atoms with Crippen LogP contribution in [-0.2, 0) is 10.2 Å². The summed E-state index contributed by atoms with van der Waals surface area (Å²) in [5.41, 5.74) is 1.28. The molecule has 6 nitrogen and oxygen atoms in total. The van der Waals surface area contributed by atoms with E-state index in [0.29, 0.717) is 18.7 Å². The molecule has 0 aliphatic heterocycles. The number of H-pyrrole nitrogens is 1. The van der Waals surface area contributed by atoms with Crippen LogP contribution >= 0.6 is 0 Å². The Labute approximate surface area is 125 Å². The second-order valence-corrected chi connectivity index (χ2v) is 6.23. The van der Waals surface area contributed by atoms with Crippen molar-refractivity contribution < 1.29 is 14.7 Å². The molecule has 0 atom stereocenters. The molecule has 0 unspecified atom stereocenters. The molecule has 0 radical (unpaired) electrons. The number of aromatic amines is 1. The Morgan fingerprint density at radius 3 is 2.48 bits per heavy atom. The lowest BCUT2D eigenvalue weighted by molar-refractivity contribution is -0.137. The number of hydrogen-bond donors (Lipinski definition) is 3. The molecule has 0 fully saturated rings. The number of aliphatic carboxylic acids is 1. The highest BCUT2D eigenvalue weighted by Gasteiger charge is 2.18. The van der Waals surface area contributed by atoms with Crippen molar-refractivity contribution in [1.82, 2.24) is 15.5 Å². The van der Waals surface area contributed by atoms with Gasteiger partial charge in [0.1, 0.15) is 5.69 Å². The molecule has 118 valence electrons. The second kappa shape index (κ2) is 7.81. The third kappa shape index (κ3) is 6.42. The third-order valence-corrected chi connectivity index (χ3v) is 3.22. The van der Waals surface area contributed by atoms with Gasteiger partial charge in [0.25, 0.3) is 5.91 Å². The number of carboxylic acid groups (broad SMARTS) is 1. The van der Waals surface area contributed by atoms with E-state index in [1.807, 2.05) is 0 Å². The smallest absolute Gasteiger partial charge is 0.303 e. The number of nitrogens with one attached hydrogen (secondary N) is 2. The van der Waals surface area contributed by atoms with Crippen molar-refractivity contribution in [1.29, 1.82) is 0 Å². The highest BCUT2D eigenvalue weighted by atomic mass is 16.4. The van der Waals surface area contributed by atoms with Crippen molar-refractivity contribution in [2.24, 2.45) is 0 Å². The minimum absolute atomic E-state index is 0.0599.